The average molecular weight is 434 g/mol. The van der Waals surface area contributed by atoms with E-state index in [1.165, 1.54) is 43.5 Å². The molecule has 1 aromatic heterocycles. The maximum atomic E-state index is 13.4. The molecule has 2 aromatic carbocycles. The second kappa shape index (κ2) is 8.89. The topological polar surface area (TPSA) is 80.3 Å². The third-order valence-corrected chi connectivity index (χ3v) is 4.33. The standard InChI is InChI=1S/C20H14Cl2FN3O3/c1-29-16-7-5-13(24-20(28)18-14(21)6-8-17(22)26-18)10-15(16)25-19(27)11-3-2-4-12(23)9-11/h2-10H,1H3,(H,24,28)(H,25,27). The molecule has 0 unspecified atom stereocenters. The number of nitrogens with zero attached hydrogens (tertiary/aromatic N) is 1. The van der Waals surface area contributed by atoms with Crippen molar-refractivity contribution in [3.63, 3.8) is 0 Å². The van der Waals surface area contributed by atoms with E-state index < -0.39 is 17.6 Å². The molecule has 0 saturated heterocycles. The number of hydrogen-bond donors (Lipinski definition) is 2. The Morgan fingerprint density at radius 1 is 1.00 bits per heavy atom. The largest absolute Gasteiger partial charge is 0.495 e. The van der Waals surface area contributed by atoms with Crippen molar-refractivity contribution >= 4 is 46.4 Å². The summed E-state index contributed by atoms with van der Waals surface area (Å²) < 4.78 is 18.6. The lowest BCUT2D eigenvalue weighted by Gasteiger charge is -2.13. The van der Waals surface area contributed by atoms with Gasteiger partial charge in [-0.25, -0.2) is 9.37 Å². The minimum Gasteiger partial charge on any atom is -0.495 e. The molecule has 0 aliphatic carbocycles. The normalized spacial score (nSPS) is 10.3. The van der Waals surface area contributed by atoms with Crippen LogP contribution in [0.4, 0.5) is 15.8 Å². The second-order valence-corrected chi connectivity index (χ2v) is 6.59. The molecule has 1 heterocycles. The lowest BCUT2D eigenvalue weighted by molar-refractivity contribution is 0.101. The van der Waals surface area contributed by atoms with Gasteiger partial charge in [0.05, 0.1) is 17.8 Å². The Balaban J connectivity index is 1.84. The molecule has 3 aromatic rings. The molecule has 9 heteroatoms. The third-order valence-electron chi connectivity index (χ3n) is 3.82. The highest BCUT2D eigenvalue weighted by Crippen LogP contribution is 2.29. The fourth-order valence-corrected chi connectivity index (χ4v) is 2.81. The Bertz CT molecular complexity index is 1090. The number of halogens is 3. The smallest absolute Gasteiger partial charge is 0.275 e. The van der Waals surface area contributed by atoms with Crippen molar-refractivity contribution in [3.8, 4) is 5.75 Å². The molecule has 148 valence electrons. The molecular weight excluding hydrogens is 420 g/mol. The number of hydrogen-bond acceptors (Lipinski definition) is 4. The van der Waals surface area contributed by atoms with Gasteiger partial charge in [0.2, 0.25) is 0 Å². The lowest BCUT2D eigenvalue weighted by Crippen LogP contribution is -2.16. The van der Waals surface area contributed by atoms with Crippen molar-refractivity contribution in [1.82, 2.24) is 4.98 Å². The van der Waals surface area contributed by atoms with E-state index in [0.29, 0.717) is 11.4 Å². The molecule has 2 N–H and O–H groups in total. The quantitative estimate of drug-likeness (QED) is 0.552. The zero-order chi connectivity index (χ0) is 21.0. The number of benzene rings is 2. The van der Waals surface area contributed by atoms with Crippen molar-refractivity contribution in [1.29, 1.82) is 0 Å². The van der Waals surface area contributed by atoms with Gasteiger partial charge in [-0.2, -0.15) is 0 Å². The van der Waals surface area contributed by atoms with Gasteiger partial charge in [-0.15, -0.1) is 0 Å². The highest BCUT2D eigenvalue weighted by atomic mass is 35.5. The summed E-state index contributed by atoms with van der Waals surface area (Å²) in [6.45, 7) is 0. The van der Waals surface area contributed by atoms with Crippen LogP contribution in [0, 0.1) is 5.82 Å². The summed E-state index contributed by atoms with van der Waals surface area (Å²) in [5, 5.41) is 5.52. The maximum Gasteiger partial charge on any atom is 0.275 e. The van der Waals surface area contributed by atoms with Crippen LogP contribution < -0.4 is 15.4 Å². The second-order valence-electron chi connectivity index (χ2n) is 5.80. The van der Waals surface area contributed by atoms with Gasteiger partial charge in [0.25, 0.3) is 11.8 Å². The zero-order valence-electron chi connectivity index (χ0n) is 15.0. The van der Waals surface area contributed by atoms with Gasteiger partial charge in [-0.3, -0.25) is 9.59 Å². The molecule has 0 spiro atoms. The lowest BCUT2D eigenvalue weighted by atomic mass is 10.2. The zero-order valence-corrected chi connectivity index (χ0v) is 16.5. The minimum absolute atomic E-state index is 0.0414. The van der Waals surface area contributed by atoms with E-state index in [0.717, 1.165) is 6.07 Å². The number of anilines is 2. The van der Waals surface area contributed by atoms with Crippen LogP contribution in [0.1, 0.15) is 20.8 Å². The number of rotatable bonds is 5. The van der Waals surface area contributed by atoms with Gasteiger partial charge in [0.15, 0.2) is 0 Å². The number of methoxy groups -OCH3 is 1. The van der Waals surface area contributed by atoms with E-state index in [1.807, 2.05) is 0 Å². The number of carbonyl (C=O) groups is 2. The number of aromatic nitrogens is 1. The Morgan fingerprint density at radius 2 is 1.79 bits per heavy atom. The molecule has 0 atom stereocenters. The average Bonchev–Trinajstić information content (AvgIpc) is 2.70. The summed E-state index contributed by atoms with van der Waals surface area (Å²) in [6.07, 6.45) is 0. The summed E-state index contributed by atoms with van der Waals surface area (Å²) in [6, 6.07) is 12.8. The SMILES string of the molecule is COc1ccc(NC(=O)c2nc(Cl)ccc2Cl)cc1NC(=O)c1cccc(F)c1. The van der Waals surface area contributed by atoms with Crippen LogP contribution in [0.5, 0.6) is 5.75 Å². The first-order valence-electron chi connectivity index (χ1n) is 8.25. The molecule has 3 rings (SSSR count). The van der Waals surface area contributed by atoms with Gasteiger partial charge < -0.3 is 15.4 Å². The Morgan fingerprint density at radius 3 is 2.52 bits per heavy atom. The molecule has 6 nitrogen and oxygen atoms in total. The summed E-state index contributed by atoms with van der Waals surface area (Å²) in [5.74, 6) is -1.29. The number of carbonyl (C=O) groups excluding carboxylic acids is 2. The first-order valence-corrected chi connectivity index (χ1v) is 9.01. The van der Waals surface area contributed by atoms with Crippen molar-refractivity contribution in [3.05, 3.63) is 81.8 Å². The molecule has 2 amide bonds. The summed E-state index contributed by atoms with van der Waals surface area (Å²) >= 11 is 11.8. The van der Waals surface area contributed by atoms with Crippen LogP contribution in [0.2, 0.25) is 10.2 Å². The van der Waals surface area contributed by atoms with Crippen molar-refractivity contribution in [2.75, 3.05) is 17.7 Å². The predicted molar refractivity (Wildman–Crippen MR) is 110 cm³/mol. The third kappa shape index (κ3) is 5.01. The van der Waals surface area contributed by atoms with Crippen molar-refractivity contribution in [2.45, 2.75) is 0 Å². The number of pyridine rings is 1. The van der Waals surface area contributed by atoms with E-state index in [-0.39, 0.29) is 27.1 Å². The van der Waals surface area contributed by atoms with Crippen LogP contribution in [-0.4, -0.2) is 23.9 Å². The van der Waals surface area contributed by atoms with E-state index in [9.17, 15) is 14.0 Å². The first kappa shape index (κ1) is 20.6. The molecule has 0 fully saturated rings. The van der Waals surface area contributed by atoms with Gasteiger partial charge in [-0.1, -0.05) is 29.3 Å². The predicted octanol–water partition coefficient (Wildman–Crippen LogP) is 5.04. The van der Waals surface area contributed by atoms with E-state index >= 15 is 0 Å². The summed E-state index contributed by atoms with van der Waals surface area (Å²) in [5.41, 5.74) is 0.727. The maximum absolute atomic E-state index is 13.4. The monoisotopic (exact) mass is 433 g/mol. The van der Waals surface area contributed by atoms with Crippen LogP contribution >= 0.6 is 23.2 Å². The van der Waals surface area contributed by atoms with Crippen LogP contribution in [0.15, 0.2) is 54.6 Å². The van der Waals surface area contributed by atoms with Crippen molar-refractivity contribution in [2.24, 2.45) is 0 Å². The number of ether oxygens (including phenoxy) is 1. The fraction of sp³-hybridized carbons (Fsp3) is 0.0500. The Kier molecular flexibility index (Phi) is 6.31. The van der Waals surface area contributed by atoms with E-state index in [2.05, 4.69) is 15.6 Å². The van der Waals surface area contributed by atoms with Crippen LogP contribution in [-0.2, 0) is 0 Å². The summed E-state index contributed by atoms with van der Waals surface area (Å²) in [4.78, 5) is 28.8. The molecular formula is C20H14Cl2FN3O3. The molecule has 0 saturated carbocycles. The highest BCUT2D eigenvalue weighted by Gasteiger charge is 2.16. The van der Waals surface area contributed by atoms with Crippen LogP contribution in [0.3, 0.4) is 0 Å². The van der Waals surface area contributed by atoms with Gasteiger partial charge in [0, 0.05) is 11.3 Å². The Hall–Kier alpha value is -3.16. The van der Waals surface area contributed by atoms with E-state index in [4.69, 9.17) is 27.9 Å². The Labute approximate surface area is 175 Å². The van der Waals surface area contributed by atoms with Gasteiger partial charge in [-0.05, 0) is 48.5 Å². The van der Waals surface area contributed by atoms with Crippen molar-refractivity contribution < 1.29 is 18.7 Å². The molecule has 0 aliphatic rings. The number of nitrogens with one attached hydrogen (secondary N) is 2. The first-order chi connectivity index (χ1) is 13.9. The highest BCUT2D eigenvalue weighted by molar-refractivity contribution is 6.35. The molecule has 0 bridgehead atoms. The van der Waals surface area contributed by atoms with Gasteiger partial charge in [0.1, 0.15) is 22.4 Å². The summed E-state index contributed by atoms with van der Waals surface area (Å²) in [7, 11) is 1.43. The van der Waals surface area contributed by atoms with Crippen LogP contribution in [0.25, 0.3) is 0 Å². The van der Waals surface area contributed by atoms with E-state index in [1.54, 1.807) is 12.1 Å². The van der Waals surface area contributed by atoms with Gasteiger partial charge >= 0.3 is 0 Å². The molecule has 0 radical (unpaired) electrons. The molecule has 29 heavy (non-hydrogen) atoms. The number of amides is 2. The molecule has 0 aliphatic heterocycles. The minimum atomic E-state index is -0.579. The fourth-order valence-electron chi connectivity index (χ4n) is 2.48.